The van der Waals surface area contributed by atoms with Crippen molar-refractivity contribution >= 4 is 35.0 Å². The molecule has 3 rings (SSSR count). The molecule has 6 nitrogen and oxygen atoms in total. The van der Waals surface area contributed by atoms with Gasteiger partial charge in [0, 0.05) is 35.3 Å². The lowest BCUT2D eigenvalue weighted by molar-refractivity contribution is -0.122. The maximum atomic E-state index is 12.0. The monoisotopic (exact) mass is 354 g/mol. The topological polar surface area (TPSA) is 83.5 Å². The van der Waals surface area contributed by atoms with Crippen LogP contribution in [0.5, 0.6) is 0 Å². The molecule has 1 aromatic heterocycles. The van der Waals surface area contributed by atoms with E-state index in [4.69, 9.17) is 0 Å². The Hall–Kier alpha value is -2.67. The second-order valence-corrected chi connectivity index (χ2v) is 6.78. The first-order valence-corrected chi connectivity index (χ1v) is 8.90. The van der Waals surface area contributed by atoms with E-state index in [0.717, 1.165) is 21.9 Å². The van der Waals surface area contributed by atoms with Crippen LogP contribution in [0, 0.1) is 5.92 Å². The van der Waals surface area contributed by atoms with Crippen molar-refractivity contribution in [2.24, 2.45) is 11.0 Å². The smallest absolute Gasteiger partial charge is 0.240 e. The summed E-state index contributed by atoms with van der Waals surface area (Å²) in [6, 6.07) is 11.2. The van der Waals surface area contributed by atoms with Crippen molar-refractivity contribution in [3.05, 3.63) is 54.4 Å². The summed E-state index contributed by atoms with van der Waals surface area (Å²) in [4.78, 5) is 28.3. The summed E-state index contributed by atoms with van der Waals surface area (Å²) in [6.45, 7) is 1.98. The maximum absolute atomic E-state index is 12.0. The van der Waals surface area contributed by atoms with Crippen LogP contribution in [0.15, 0.2) is 58.8 Å². The minimum Gasteiger partial charge on any atom is -0.325 e. The number of hydrogen-bond acceptors (Lipinski definition) is 5. The van der Waals surface area contributed by atoms with E-state index < -0.39 is 0 Å². The molecule has 1 aliphatic rings. The van der Waals surface area contributed by atoms with Gasteiger partial charge in [-0.25, -0.2) is 5.43 Å². The van der Waals surface area contributed by atoms with E-state index in [1.807, 2.05) is 43.3 Å². The first-order valence-electron chi connectivity index (χ1n) is 7.91. The maximum Gasteiger partial charge on any atom is 0.240 e. The highest BCUT2D eigenvalue weighted by Gasteiger charge is 2.21. The third-order valence-electron chi connectivity index (χ3n) is 3.74. The van der Waals surface area contributed by atoms with E-state index in [1.54, 1.807) is 12.4 Å². The lowest BCUT2D eigenvalue weighted by Gasteiger charge is -2.19. The molecule has 1 unspecified atom stereocenters. The Bertz CT molecular complexity index is 790. The largest absolute Gasteiger partial charge is 0.325 e. The Morgan fingerprint density at radius 1 is 1.24 bits per heavy atom. The normalized spacial score (nSPS) is 16.8. The Balaban J connectivity index is 1.57. The van der Waals surface area contributed by atoms with Crippen LogP contribution in [0.1, 0.15) is 18.9 Å². The SMILES string of the molecule is CC1CC(=O)NN=C1c1ccc(NC(=O)CSc2ccncc2)cc1. The molecule has 25 heavy (non-hydrogen) atoms. The number of aromatic nitrogens is 1. The van der Waals surface area contributed by atoms with Gasteiger partial charge >= 0.3 is 0 Å². The van der Waals surface area contributed by atoms with Crippen LogP contribution in [-0.2, 0) is 9.59 Å². The van der Waals surface area contributed by atoms with Crippen LogP contribution in [0.2, 0.25) is 0 Å². The van der Waals surface area contributed by atoms with E-state index in [-0.39, 0.29) is 17.7 Å². The van der Waals surface area contributed by atoms with Crippen molar-refractivity contribution in [3.8, 4) is 0 Å². The average Bonchev–Trinajstić information content (AvgIpc) is 2.62. The van der Waals surface area contributed by atoms with Gasteiger partial charge < -0.3 is 5.32 Å². The number of nitrogens with zero attached hydrogens (tertiary/aromatic N) is 2. The molecular weight excluding hydrogens is 336 g/mol. The first kappa shape index (κ1) is 17.2. The van der Waals surface area contributed by atoms with Crippen molar-refractivity contribution in [1.29, 1.82) is 0 Å². The average molecular weight is 354 g/mol. The number of amides is 2. The fraction of sp³-hybridized carbons (Fsp3) is 0.222. The van der Waals surface area contributed by atoms with E-state index in [9.17, 15) is 9.59 Å². The first-order chi connectivity index (χ1) is 12.1. The number of anilines is 1. The van der Waals surface area contributed by atoms with Crippen LogP contribution in [-0.4, -0.2) is 28.3 Å². The van der Waals surface area contributed by atoms with E-state index in [2.05, 4.69) is 20.8 Å². The van der Waals surface area contributed by atoms with Gasteiger partial charge in [-0.15, -0.1) is 11.8 Å². The van der Waals surface area contributed by atoms with Gasteiger partial charge in [-0.2, -0.15) is 5.10 Å². The zero-order valence-corrected chi connectivity index (χ0v) is 14.5. The lowest BCUT2D eigenvalue weighted by Crippen LogP contribution is -2.31. The zero-order chi connectivity index (χ0) is 17.6. The van der Waals surface area contributed by atoms with Crippen LogP contribution in [0.3, 0.4) is 0 Å². The van der Waals surface area contributed by atoms with E-state index in [1.165, 1.54) is 11.8 Å². The number of carbonyl (C=O) groups is 2. The number of hydrazone groups is 1. The molecule has 2 N–H and O–H groups in total. The number of rotatable bonds is 5. The number of thioether (sulfide) groups is 1. The fourth-order valence-corrected chi connectivity index (χ4v) is 3.19. The molecule has 7 heteroatoms. The van der Waals surface area contributed by atoms with Crippen LogP contribution in [0.4, 0.5) is 5.69 Å². The highest BCUT2D eigenvalue weighted by Crippen LogP contribution is 2.19. The summed E-state index contributed by atoms with van der Waals surface area (Å²) in [7, 11) is 0. The molecule has 1 aromatic carbocycles. The summed E-state index contributed by atoms with van der Waals surface area (Å²) in [5, 5.41) is 7.01. The minimum absolute atomic E-state index is 0.0631. The van der Waals surface area contributed by atoms with Gasteiger partial charge in [-0.05, 0) is 29.8 Å². The third kappa shape index (κ3) is 4.67. The van der Waals surface area contributed by atoms with Gasteiger partial charge in [0.1, 0.15) is 0 Å². The van der Waals surface area contributed by atoms with Gasteiger partial charge in [0.15, 0.2) is 0 Å². The molecule has 0 fully saturated rings. The fourth-order valence-electron chi connectivity index (χ4n) is 2.51. The molecule has 1 aliphatic heterocycles. The molecule has 128 valence electrons. The predicted octanol–water partition coefficient (Wildman–Crippen LogP) is 2.67. The summed E-state index contributed by atoms with van der Waals surface area (Å²) < 4.78 is 0. The van der Waals surface area contributed by atoms with Crippen LogP contribution >= 0.6 is 11.8 Å². The molecule has 0 radical (unpaired) electrons. The predicted molar refractivity (Wildman–Crippen MR) is 98.5 cm³/mol. The molecule has 2 aromatic rings. The Morgan fingerprint density at radius 2 is 1.96 bits per heavy atom. The molecule has 0 saturated heterocycles. The van der Waals surface area contributed by atoms with E-state index >= 15 is 0 Å². The standard InChI is InChI=1S/C18H18N4O2S/c1-12-10-16(23)21-22-18(12)13-2-4-14(5-3-13)20-17(24)11-25-15-6-8-19-9-7-15/h2-9,12H,10-11H2,1H3,(H,20,24)(H,21,23). The molecule has 1 atom stereocenters. The summed E-state index contributed by atoms with van der Waals surface area (Å²) >= 11 is 1.46. The summed E-state index contributed by atoms with van der Waals surface area (Å²) in [5.41, 5.74) is 5.04. The molecule has 0 spiro atoms. The van der Waals surface area contributed by atoms with Gasteiger partial charge in [-0.1, -0.05) is 19.1 Å². The molecule has 0 aliphatic carbocycles. The minimum atomic E-state index is -0.0646. The third-order valence-corrected chi connectivity index (χ3v) is 4.76. The highest BCUT2D eigenvalue weighted by molar-refractivity contribution is 8.00. The van der Waals surface area contributed by atoms with Crippen LogP contribution < -0.4 is 10.7 Å². The zero-order valence-electron chi connectivity index (χ0n) is 13.7. The number of nitrogens with one attached hydrogen (secondary N) is 2. The number of hydrogen-bond donors (Lipinski definition) is 2. The second kappa shape index (κ2) is 7.94. The van der Waals surface area contributed by atoms with Crippen molar-refractivity contribution < 1.29 is 9.59 Å². The Morgan fingerprint density at radius 3 is 2.64 bits per heavy atom. The second-order valence-electron chi connectivity index (χ2n) is 5.73. The van der Waals surface area contributed by atoms with Gasteiger partial charge in [-0.3, -0.25) is 14.6 Å². The number of benzene rings is 1. The molecule has 2 amide bonds. The molecule has 0 saturated carbocycles. The summed E-state index contributed by atoms with van der Waals surface area (Å²) in [6.07, 6.45) is 3.84. The highest BCUT2D eigenvalue weighted by atomic mass is 32.2. The van der Waals surface area contributed by atoms with Crippen molar-refractivity contribution in [2.45, 2.75) is 18.2 Å². The molecule has 2 heterocycles. The van der Waals surface area contributed by atoms with Gasteiger partial charge in [0.05, 0.1) is 11.5 Å². The lowest BCUT2D eigenvalue weighted by atomic mass is 9.94. The number of pyridine rings is 1. The quantitative estimate of drug-likeness (QED) is 0.809. The Labute approximate surface area is 150 Å². The van der Waals surface area contributed by atoms with E-state index in [0.29, 0.717) is 12.2 Å². The molecule has 0 bridgehead atoms. The summed E-state index contributed by atoms with van der Waals surface area (Å²) in [5.74, 6) is 0.282. The number of carbonyl (C=O) groups excluding carboxylic acids is 2. The van der Waals surface area contributed by atoms with Crippen molar-refractivity contribution in [3.63, 3.8) is 0 Å². The van der Waals surface area contributed by atoms with Crippen molar-refractivity contribution in [1.82, 2.24) is 10.4 Å². The molecular formula is C18H18N4O2S. The van der Waals surface area contributed by atoms with Crippen molar-refractivity contribution in [2.75, 3.05) is 11.1 Å². The van der Waals surface area contributed by atoms with Gasteiger partial charge in [0.25, 0.3) is 0 Å². The van der Waals surface area contributed by atoms with Gasteiger partial charge in [0.2, 0.25) is 11.8 Å². The Kier molecular flexibility index (Phi) is 5.45. The van der Waals surface area contributed by atoms with Crippen LogP contribution in [0.25, 0.3) is 0 Å².